The Morgan fingerprint density at radius 2 is 1.89 bits per heavy atom. The summed E-state index contributed by atoms with van der Waals surface area (Å²) in [7, 11) is 0. The van der Waals surface area contributed by atoms with Crippen molar-refractivity contribution in [1.29, 1.82) is 5.26 Å². The summed E-state index contributed by atoms with van der Waals surface area (Å²) in [4.78, 5) is 0.469. The molecule has 2 nitrogen and oxygen atoms in total. The lowest BCUT2D eigenvalue weighted by Gasteiger charge is -2.05. The molecule has 0 aliphatic carbocycles. The van der Waals surface area contributed by atoms with Gasteiger partial charge in [-0.15, -0.1) is 11.8 Å². The van der Waals surface area contributed by atoms with Crippen LogP contribution in [0.25, 0.3) is 0 Å². The summed E-state index contributed by atoms with van der Waals surface area (Å²) < 4.78 is 26.7. The van der Waals surface area contributed by atoms with Crippen LogP contribution in [0, 0.1) is 23.0 Å². The maximum Gasteiger partial charge on any atom is 0.140 e. The van der Waals surface area contributed by atoms with Crippen LogP contribution < -0.4 is 5.73 Å². The molecule has 2 N–H and O–H groups in total. The lowest BCUT2D eigenvalue weighted by atomic mass is 10.1. The third kappa shape index (κ3) is 3.24. The number of nitriles is 1. The molecular formula is C14H10F2N2S. The van der Waals surface area contributed by atoms with E-state index in [4.69, 9.17) is 11.0 Å². The summed E-state index contributed by atoms with van der Waals surface area (Å²) in [5, 5.41) is 8.73. The van der Waals surface area contributed by atoms with Crippen LogP contribution in [0.4, 0.5) is 14.5 Å². The molecule has 0 saturated heterocycles. The highest BCUT2D eigenvalue weighted by Gasteiger charge is 2.06. The number of thioether (sulfide) groups is 1. The van der Waals surface area contributed by atoms with Gasteiger partial charge in [-0.1, -0.05) is 6.07 Å². The number of anilines is 1. The number of nitrogens with zero attached hydrogens (tertiary/aromatic N) is 1. The number of benzene rings is 2. The number of hydrogen-bond acceptors (Lipinski definition) is 3. The molecule has 0 heterocycles. The fraction of sp³-hybridized carbons (Fsp3) is 0.0714. The zero-order chi connectivity index (χ0) is 13.8. The molecule has 5 heteroatoms. The van der Waals surface area contributed by atoms with Crippen LogP contribution in [0.3, 0.4) is 0 Å². The minimum Gasteiger partial charge on any atom is -0.399 e. The first-order valence-electron chi connectivity index (χ1n) is 5.46. The van der Waals surface area contributed by atoms with Crippen molar-refractivity contribution in [3.8, 4) is 6.07 Å². The van der Waals surface area contributed by atoms with E-state index in [1.54, 1.807) is 24.3 Å². The van der Waals surface area contributed by atoms with Crippen molar-refractivity contribution in [2.45, 2.75) is 10.6 Å². The third-order valence-electron chi connectivity index (χ3n) is 2.50. The Kier molecular flexibility index (Phi) is 4.03. The predicted molar refractivity (Wildman–Crippen MR) is 71.5 cm³/mol. The van der Waals surface area contributed by atoms with Gasteiger partial charge >= 0.3 is 0 Å². The molecular weight excluding hydrogens is 266 g/mol. The highest BCUT2D eigenvalue weighted by Crippen LogP contribution is 2.27. The molecule has 0 aliphatic heterocycles. The van der Waals surface area contributed by atoms with E-state index in [-0.39, 0.29) is 11.4 Å². The summed E-state index contributed by atoms with van der Waals surface area (Å²) in [6, 6.07) is 10.6. The van der Waals surface area contributed by atoms with E-state index in [2.05, 4.69) is 0 Å². The average Bonchev–Trinajstić information content (AvgIpc) is 2.39. The Balaban J connectivity index is 2.13. The first-order valence-corrected chi connectivity index (χ1v) is 6.45. The number of nitrogen functional groups attached to an aromatic ring is 1. The van der Waals surface area contributed by atoms with E-state index >= 15 is 0 Å². The van der Waals surface area contributed by atoms with Gasteiger partial charge < -0.3 is 5.73 Å². The van der Waals surface area contributed by atoms with E-state index in [1.807, 2.05) is 0 Å². The van der Waals surface area contributed by atoms with Crippen molar-refractivity contribution in [3.63, 3.8) is 0 Å². The Hall–Kier alpha value is -2.06. The molecule has 0 aliphatic rings. The van der Waals surface area contributed by atoms with Gasteiger partial charge in [0.1, 0.15) is 17.7 Å². The van der Waals surface area contributed by atoms with Gasteiger partial charge in [0.2, 0.25) is 0 Å². The zero-order valence-corrected chi connectivity index (χ0v) is 10.7. The van der Waals surface area contributed by atoms with Gasteiger partial charge in [-0.2, -0.15) is 5.26 Å². The van der Waals surface area contributed by atoms with Crippen LogP contribution in [-0.4, -0.2) is 0 Å². The SMILES string of the molecule is N#Cc1cc(CSc2ccc(N)cc2F)ccc1F. The van der Waals surface area contributed by atoms with Gasteiger partial charge in [-0.25, -0.2) is 8.78 Å². The fourth-order valence-electron chi connectivity index (χ4n) is 1.54. The molecule has 2 rings (SSSR count). The van der Waals surface area contributed by atoms with Crippen LogP contribution in [0.15, 0.2) is 41.3 Å². The fourth-order valence-corrected chi connectivity index (χ4v) is 2.41. The molecule has 96 valence electrons. The number of hydrogen-bond donors (Lipinski definition) is 1. The molecule has 0 aromatic heterocycles. The molecule has 0 fully saturated rings. The molecule has 0 saturated carbocycles. The van der Waals surface area contributed by atoms with Gasteiger partial charge in [0.05, 0.1) is 5.56 Å². The van der Waals surface area contributed by atoms with Crippen LogP contribution in [0.5, 0.6) is 0 Å². The maximum atomic E-state index is 13.5. The molecule has 0 bridgehead atoms. The smallest absolute Gasteiger partial charge is 0.140 e. The van der Waals surface area contributed by atoms with E-state index in [0.717, 1.165) is 5.56 Å². The number of rotatable bonds is 3. The Morgan fingerprint density at radius 3 is 2.58 bits per heavy atom. The lowest BCUT2D eigenvalue weighted by molar-refractivity contribution is 0.602. The van der Waals surface area contributed by atoms with Crippen molar-refractivity contribution >= 4 is 17.4 Å². The quantitative estimate of drug-likeness (QED) is 0.686. The van der Waals surface area contributed by atoms with E-state index in [1.165, 1.54) is 30.0 Å². The summed E-state index contributed by atoms with van der Waals surface area (Å²) >= 11 is 1.27. The second-order valence-electron chi connectivity index (χ2n) is 3.90. The van der Waals surface area contributed by atoms with Gasteiger partial charge in [0, 0.05) is 16.3 Å². The zero-order valence-electron chi connectivity index (χ0n) is 9.86. The Labute approximate surface area is 113 Å². The number of nitrogens with two attached hydrogens (primary N) is 1. The van der Waals surface area contributed by atoms with Gasteiger partial charge in [0.15, 0.2) is 0 Å². The molecule has 19 heavy (non-hydrogen) atoms. The van der Waals surface area contributed by atoms with Crippen LogP contribution >= 0.6 is 11.8 Å². The molecule has 2 aromatic carbocycles. The first kappa shape index (κ1) is 13.4. The lowest BCUT2D eigenvalue weighted by Crippen LogP contribution is -1.90. The third-order valence-corrected chi connectivity index (χ3v) is 3.62. The Bertz CT molecular complexity index is 650. The highest BCUT2D eigenvalue weighted by molar-refractivity contribution is 7.98. The van der Waals surface area contributed by atoms with Gasteiger partial charge in [-0.3, -0.25) is 0 Å². The average molecular weight is 276 g/mol. The topological polar surface area (TPSA) is 49.8 Å². The molecule has 0 amide bonds. The van der Waals surface area contributed by atoms with Crippen LogP contribution in [0.2, 0.25) is 0 Å². The van der Waals surface area contributed by atoms with Crippen LogP contribution in [0.1, 0.15) is 11.1 Å². The molecule has 0 unspecified atom stereocenters. The van der Waals surface area contributed by atoms with Gasteiger partial charge in [-0.05, 0) is 35.9 Å². The summed E-state index contributed by atoms with van der Waals surface area (Å²) in [5.41, 5.74) is 6.59. The van der Waals surface area contributed by atoms with Crippen molar-refractivity contribution in [3.05, 3.63) is 59.2 Å². The summed E-state index contributed by atoms with van der Waals surface area (Å²) in [5.74, 6) is -0.474. The highest BCUT2D eigenvalue weighted by atomic mass is 32.2. The minimum absolute atomic E-state index is 0.00382. The van der Waals surface area contributed by atoms with Crippen molar-refractivity contribution in [2.75, 3.05) is 5.73 Å². The summed E-state index contributed by atoms with van der Waals surface area (Å²) in [6.45, 7) is 0. The monoisotopic (exact) mass is 276 g/mol. The molecule has 0 radical (unpaired) electrons. The largest absolute Gasteiger partial charge is 0.399 e. The normalized spacial score (nSPS) is 10.2. The van der Waals surface area contributed by atoms with E-state index < -0.39 is 5.82 Å². The standard InChI is InChI=1S/C14H10F2N2S/c15-12-3-1-9(5-10(12)7-17)8-19-14-4-2-11(18)6-13(14)16/h1-6H,8,18H2. The van der Waals surface area contributed by atoms with Crippen molar-refractivity contribution < 1.29 is 8.78 Å². The second-order valence-corrected chi connectivity index (χ2v) is 4.92. The van der Waals surface area contributed by atoms with Gasteiger partial charge in [0.25, 0.3) is 0 Å². The minimum atomic E-state index is -0.546. The molecule has 0 atom stereocenters. The maximum absolute atomic E-state index is 13.5. The van der Waals surface area contributed by atoms with E-state index in [0.29, 0.717) is 16.3 Å². The molecule has 0 spiro atoms. The molecule has 2 aromatic rings. The van der Waals surface area contributed by atoms with Crippen molar-refractivity contribution in [2.24, 2.45) is 0 Å². The number of halogens is 2. The van der Waals surface area contributed by atoms with E-state index in [9.17, 15) is 8.78 Å². The second kappa shape index (κ2) is 5.72. The predicted octanol–water partition coefficient (Wildman–Crippen LogP) is 3.71. The Morgan fingerprint density at radius 1 is 1.11 bits per heavy atom. The van der Waals surface area contributed by atoms with Crippen molar-refractivity contribution in [1.82, 2.24) is 0 Å². The first-order chi connectivity index (χ1) is 9.10. The van der Waals surface area contributed by atoms with Crippen LogP contribution in [-0.2, 0) is 5.75 Å². The summed E-state index contributed by atoms with van der Waals surface area (Å²) in [6.07, 6.45) is 0.